The van der Waals surface area contributed by atoms with Gasteiger partial charge in [0.2, 0.25) is 0 Å². The molecule has 1 amide bonds. The molecule has 84 valence electrons. The summed E-state index contributed by atoms with van der Waals surface area (Å²) >= 11 is 3.22. The van der Waals surface area contributed by atoms with Crippen LogP contribution in [-0.2, 0) is 4.84 Å². The molecule has 0 aromatic carbocycles. The number of amides is 1. The maximum atomic E-state index is 11.7. The van der Waals surface area contributed by atoms with Gasteiger partial charge in [-0.15, -0.1) is 12.4 Å². The number of hydroxylamine groups is 2. The van der Waals surface area contributed by atoms with Crippen LogP contribution in [0.5, 0.6) is 0 Å². The highest BCUT2D eigenvalue weighted by Crippen LogP contribution is 2.21. The molecule has 0 aliphatic rings. The van der Waals surface area contributed by atoms with Crippen LogP contribution in [-0.4, -0.2) is 30.1 Å². The van der Waals surface area contributed by atoms with Crippen molar-refractivity contribution in [2.75, 3.05) is 19.9 Å². The summed E-state index contributed by atoms with van der Waals surface area (Å²) in [7, 11) is 2.90. The zero-order chi connectivity index (χ0) is 10.7. The molecule has 0 aliphatic heterocycles. The standard InChI is InChI=1S/C8H10BrN3O2.ClH/c1-12(14-2)8(13)6-5(9)3-4-11-7(6)10;/h3-4H,1-2H3,(H2,10,11);1H. The number of nitrogens with two attached hydrogens (primary N) is 1. The highest BCUT2D eigenvalue weighted by molar-refractivity contribution is 9.10. The Hall–Kier alpha value is -0.850. The molecule has 0 unspecified atom stereocenters. The van der Waals surface area contributed by atoms with E-state index in [1.165, 1.54) is 20.4 Å². The molecule has 7 heteroatoms. The molecule has 1 rings (SSSR count). The topological polar surface area (TPSA) is 68.5 Å². The first-order chi connectivity index (χ1) is 6.57. The fraction of sp³-hybridized carbons (Fsp3) is 0.250. The Bertz CT molecular complexity index is 341. The molecule has 0 spiro atoms. The predicted molar refractivity (Wildman–Crippen MR) is 62.7 cm³/mol. The van der Waals surface area contributed by atoms with Gasteiger partial charge >= 0.3 is 0 Å². The van der Waals surface area contributed by atoms with E-state index in [0.29, 0.717) is 10.0 Å². The highest BCUT2D eigenvalue weighted by atomic mass is 79.9. The molecule has 15 heavy (non-hydrogen) atoms. The second-order valence-electron chi connectivity index (χ2n) is 2.54. The number of hydrogen-bond donors (Lipinski definition) is 1. The van der Waals surface area contributed by atoms with Crippen LogP contribution in [0.3, 0.4) is 0 Å². The first-order valence-electron chi connectivity index (χ1n) is 3.80. The molecule has 1 aromatic heterocycles. The molecular weight excluding hydrogens is 285 g/mol. The van der Waals surface area contributed by atoms with Crippen LogP contribution in [0.15, 0.2) is 16.7 Å². The Morgan fingerprint density at radius 3 is 2.73 bits per heavy atom. The lowest BCUT2D eigenvalue weighted by Crippen LogP contribution is -2.26. The van der Waals surface area contributed by atoms with Gasteiger partial charge in [-0.2, -0.15) is 0 Å². The van der Waals surface area contributed by atoms with Crippen molar-refractivity contribution in [3.05, 3.63) is 22.3 Å². The minimum atomic E-state index is -0.343. The number of anilines is 1. The summed E-state index contributed by atoms with van der Waals surface area (Å²) in [5, 5.41) is 1.08. The molecule has 0 radical (unpaired) electrons. The van der Waals surface area contributed by atoms with Crippen molar-refractivity contribution in [3.63, 3.8) is 0 Å². The zero-order valence-corrected chi connectivity index (χ0v) is 10.6. The molecule has 2 N–H and O–H groups in total. The number of carbonyl (C=O) groups excluding carboxylic acids is 1. The number of pyridine rings is 1. The van der Waals surface area contributed by atoms with Gasteiger partial charge in [0.1, 0.15) is 5.82 Å². The van der Waals surface area contributed by atoms with E-state index in [1.807, 2.05) is 0 Å². The van der Waals surface area contributed by atoms with Crippen molar-refractivity contribution in [3.8, 4) is 0 Å². The summed E-state index contributed by atoms with van der Waals surface area (Å²) in [5.74, 6) is -0.168. The molecule has 0 saturated carbocycles. The minimum absolute atomic E-state index is 0. The summed E-state index contributed by atoms with van der Waals surface area (Å²) in [6, 6.07) is 1.65. The number of carbonyl (C=O) groups is 1. The monoisotopic (exact) mass is 295 g/mol. The summed E-state index contributed by atoms with van der Waals surface area (Å²) in [4.78, 5) is 20.2. The molecule has 0 aliphatic carbocycles. The summed E-state index contributed by atoms with van der Waals surface area (Å²) in [6.07, 6.45) is 1.52. The average molecular weight is 297 g/mol. The van der Waals surface area contributed by atoms with Crippen molar-refractivity contribution < 1.29 is 9.63 Å². The molecule has 1 aromatic rings. The van der Waals surface area contributed by atoms with E-state index in [1.54, 1.807) is 6.07 Å². The Balaban J connectivity index is 0.00000196. The maximum absolute atomic E-state index is 11.7. The van der Waals surface area contributed by atoms with Gasteiger partial charge in [0.15, 0.2) is 0 Å². The summed E-state index contributed by atoms with van der Waals surface area (Å²) < 4.78 is 0.596. The van der Waals surface area contributed by atoms with Crippen LogP contribution >= 0.6 is 28.3 Å². The van der Waals surface area contributed by atoms with E-state index in [0.717, 1.165) is 5.06 Å². The fourth-order valence-electron chi connectivity index (χ4n) is 0.905. The molecule has 0 bridgehead atoms. The number of halogens is 2. The third-order valence-corrected chi connectivity index (χ3v) is 2.36. The van der Waals surface area contributed by atoms with Gasteiger partial charge in [-0.05, 0) is 22.0 Å². The number of nitrogen functional groups attached to an aromatic ring is 1. The quantitative estimate of drug-likeness (QED) is 0.839. The lowest BCUT2D eigenvalue weighted by molar-refractivity contribution is -0.0757. The highest BCUT2D eigenvalue weighted by Gasteiger charge is 2.18. The largest absolute Gasteiger partial charge is 0.383 e. The van der Waals surface area contributed by atoms with Crippen LogP contribution < -0.4 is 5.73 Å². The maximum Gasteiger partial charge on any atom is 0.282 e. The van der Waals surface area contributed by atoms with Gasteiger partial charge in [-0.25, -0.2) is 10.0 Å². The second kappa shape index (κ2) is 5.89. The van der Waals surface area contributed by atoms with Gasteiger partial charge in [0.25, 0.3) is 5.91 Å². The van der Waals surface area contributed by atoms with Crippen molar-refractivity contribution in [1.82, 2.24) is 10.0 Å². The van der Waals surface area contributed by atoms with Gasteiger partial charge in [-0.1, -0.05) is 0 Å². The Kier molecular flexibility index (Phi) is 5.56. The second-order valence-corrected chi connectivity index (χ2v) is 3.39. The predicted octanol–water partition coefficient (Wildman–Crippen LogP) is 1.48. The molecule has 0 atom stereocenters. The van der Waals surface area contributed by atoms with E-state index < -0.39 is 0 Å². The number of hydrogen-bond acceptors (Lipinski definition) is 4. The zero-order valence-electron chi connectivity index (χ0n) is 8.23. The van der Waals surface area contributed by atoms with Gasteiger partial charge in [0, 0.05) is 17.7 Å². The smallest absolute Gasteiger partial charge is 0.282 e. The first-order valence-corrected chi connectivity index (χ1v) is 4.59. The lowest BCUT2D eigenvalue weighted by Gasteiger charge is -2.15. The van der Waals surface area contributed by atoms with E-state index in [9.17, 15) is 4.79 Å². The van der Waals surface area contributed by atoms with Crippen molar-refractivity contribution >= 4 is 40.1 Å². The van der Waals surface area contributed by atoms with Gasteiger partial charge < -0.3 is 5.73 Å². The van der Waals surface area contributed by atoms with Gasteiger partial charge in [0.05, 0.1) is 12.7 Å². The van der Waals surface area contributed by atoms with Crippen LogP contribution in [0.2, 0.25) is 0 Å². The van der Waals surface area contributed by atoms with E-state index in [-0.39, 0.29) is 24.1 Å². The SMILES string of the molecule is CON(C)C(=O)c1c(Br)ccnc1N.Cl. The molecular formula is C8H11BrClN3O2. The van der Waals surface area contributed by atoms with E-state index in [2.05, 4.69) is 20.9 Å². The van der Waals surface area contributed by atoms with Crippen LogP contribution in [0.1, 0.15) is 10.4 Å². The Labute approximate surface area is 102 Å². The first kappa shape index (κ1) is 14.2. The number of rotatable bonds is 2. The summed E-state index contributed by atoms with van der Waals surface area (Å²) in [6.45, 7) is 0. The normalized spacial score (nSPS) is 9.27. The fourth-order valence-corrected chi connectivity index (χ4v) is 1.40. The Morgan fingerprint density at radius 1 is 1.67 bits per heavy atom. The summed E-state index contributed by atoms with van der Waals surface area (Å²) in [5.41, 5.74) is 5.87. The number of nitrogens with zero attached hydrogens (tertiary/aromatic N) is 2. The van der Waals surface area contributed by atoms with Crippen molar-refractivity contribution in [2.45, 2.75) is 0 Å². The number of aromatic nitrogens is 1. The molecule has 5 nitrogen and oxygen atoms in total. The third-order valence-electron chi connectivity index (χ3n) is 1.70. The van der Waals surface area contributed by atoms with Crippen molar-refractivity contribution in [1.29, 1.82) is 0 Å². The third kappa shape index (κ3) is 3.05. The van der Waals surface area contributed by atoms with Crippen LogP contribution in [0.25, 0.3) is 0 Å². The van der Waals surface area contributed by atoms with Crippen LogP contribution in [0, 0.1) is 0 Å². The molecule has 1 heterocycles. The van der Waals surface area contributed by atoms with Gasteiger partial charge in [-0.3, -0.25) is 9.63 Å². The Morgan fingerprint density at radius 2 is 2.27 bits per heavy atom. The lowest BCUT2D eigenvalue weighted by atomic mass is 10.2. The molecule has 0 fully saturated rings. The van der Waals surface area contributed by atoms with Crippen LogP contribution in [0.4, 0.5) is 5.82 Å². The van der Waals surface area contributed by atoms with E-state index in [4.69, 9.17) is 10.6 Å². The average Bonchev–Trinajstić information content (AvgIpc) is 2.16. The van der Waals surface area contributed by atoms with E-state index >= 15 is 0 Å². The van der Waals surface area contributed by atoms with Crippen molar-refractivity contribution in [2.24, 2.45) is 0 Å². The molecule has 0 saturated heterocycles. The minimum Gasteiger partial charge on any atom is -0.383 e.